The maximum absolute atomic E-state index is 9.56. The summed E-state index contributed by atoms with van der Waals surface area (Å²) in [6.07, 6.45) is 5.23. The van der Waals surface area contributed by atoms with Gasteiger partial charge in [-0.05, 0) is 67.4 Å². The normalized spacial score (nSPS) is 15.7. The summed E-state index contributed by atoms with van der Waals surface area (Å²) in [7, 11) is -0.0881. The van der Waals surface area contributed by atoms with Crippen LogP contribution in [0.15, 0.2) is 29.4 Å². The van der Waals surface area contributed by atoms with Gasteiger partial charge in [-0.1, -0.05) is 23.3 Å². The van der Waals surface area contributed by atoms with Gasteiger partial charge in [0, 0.05) is 12.4 Å². The Bertz CT molecular complexity index is 926. The number of allylic oxidation sites excluding steroid dienone is 4. The predicted molar refractivity (Wildman–Crippen MR) is 123 cm³/mol. The van der Waals surface area contributed by atoms with E-state index < -0.39 is 11.5 Å². The summed E-state index contributed by atoms with van der Waals surface area (Å²) in [4.78, 5) is 0. The van der Waals surface area contributed by atoms with Crippen LogP contribution in [0.1, 0.15) is 72.1 Å². The van der Waals surface area contributed by atoms with Crippen LogP contribution >= 0.6 is 0 Å². The number of hydrogen-bond acceptors (Lipinski definition) is 6. The molecule has 1 heterocycles. The van der Waals surface area contributed by atoms with Crippen LogP contribution in [0.2, 0.25) is 6.32 Å². The molecule has 7 heteroatoms. The van der Waals surface area contributed by atoms with Gasteiger partial charge in [0.2, 0.25) is 0 Å². The summed E-state index contributed by atoms with van der Waals surface area (Å²) in [5, 5.41) is 36.8. The third-order valence-electron chi connectivity index (χ3n) is 5.35. The quantitative estimate of drug-likeness (QED) is 0.381. The molecule has 0 radical (unpaired) electrons. The summed E-state index contributed by atoms with van der Waals surface area (Å²) in [5.74, 6) is -0.914. The number of benzene rings is 1. The SMILES string of the molecule is CC(C)=CCB1OC(C)(C)C(C)(C)O1.CC(C)=CCc1c(C#N)cc(O)c(O)c1C#N. The fraction of sp³-hybridized carbons (Fsp3) is 0.500. The van der Waals surface area contributed by atoms with E-state index in [2.05, 4.69) is 47.6 Å². The zero-order valence-corrected chi connectivity index (χ0v) is 19.8. The number of aromatic hydroxyl groups is 2. The molecule has 0 amide bonds. The molecule has 0 unspecified atom stereocenters. The van der Waals surface area contributed by atoms with Crippen LogP contribution in [0.3, 0.4) is 0 Å². The molecule has 1 aliphatic rings. The fourth-order valence-electron chi connectivity index (χ4n) is 2.83. The molecule has 1 saturated heterocycles. The van der Waals surface area contributed by atoms with E-state index in [1.807, 2.05) is 32.1 Å². The van der Waals surface area contributed by atoms with Crippen molar-refractivity contribution in [1.29, 1.82) is 10.5 Å². The molecule has 0 spiro atoms. The number of rotatable bonds is 4. The zero-order chi connectivity index (χ0) is 24.0. The molecule has 0 aromatic heterocycles. The second-order valence-electron chi connectivity index (χ2n) is 9.06. The molecule has 2 N–H and O–H groups in total. The van der Waals surface area contributed by atoms with Crippen LogP contribution in [0, 0.1) is 22.7 Å². The highest BCUT2D eigenvalue weighted by atomic mass is 16.7. The van der Waals surface area contributed by atoms with Crippen molar-refractivity contribution in [1.82, 2.24) is 0 Å². The summed E-state index contributed by atoms with van der Waals surface area (Å²) < 4.78 is 11.7. The molecule has 6 nitrogen and oxygen atoms in total. The van der Waals surface area contributed by atoms with Gasteiger partial charge in [0.15, 0.2) is 11.5 Å². The van der Waals surface area contributed by atoms with Crippen molar-refractivity contribution in [3.05, 3.63) is 46.1 Å². The largest absolute Gasteiger partial charge is 0.504 e. The molecular weight excluding hydrogens is 391 g/mol. The standard InChI is InChI=1S/C13H12N2O2.C11H21BO2/c1-8(2)3-4-10-9(6-14)5-12(16)13(17)11(10)7-15;1-9(2)7-8-12-13-10(3,4)11(5,6)14-12/h3,5,16-17H,4H2,1-2H3;7H,8H2,1-6H3. The van der Waals surface area contributed by atoms with E-state index in [1.54, 1.807) is 0 Å². The second kappa shape index (κ2) is 10.5. The highest BCUT2D eigenvalue weighted by molar-refractivity contribution is 6.46. The number of nitriles is 2. The Morgan fingerprint density at radius 3 is 1.90 bits per heavy atom. The van der Waals surface area contributed by atoms with Crippen molar-refractivity contribution in [3.63, 3.8) is 0 Å². The van der Waals surface area contributed by atoms with E-state index in [-0.39, 0.29) is 29.4 Å². The van der Waals surface area contributed by atoms with Crippen molar-refractivity contribution in [2.45, 2.75) is 79.3 Å². The molecule has 1 aromatic carbocycles. The van der Waals surface area contributed by atoms with E-state index >= 15 is 0 Å². The number of hydrogen-bond donors (Lipinski definition) is 2. The van der Waals surface area contributed by atoms with Crippen molar-refractivity contribution in [2.75, 3.05) is 0 Å². The van der Waals surface area contributed by atoms with Gasteiger partial charge in [-0.25, -0.2) is 0 Å². The zero-order valence-electron chi connectivity index (χ0n) is 19.8. The smallest absolute Gasteiger partial charge is 0.461 e. The average Bonchev–Trinajstić information content (AvgIpc) is 2.87. The molecule has 1 aliphatic heterocycles. The predicted octanol–water partition coefficient (Wildman–Crippen LogP) is 5.39. The van der Waals surface area contributed by atoms with Crippen LogP contribution < -0.4 is 0 Å². The first-order valence-electron chi connectivity index (χ1n) is 10.3. The van der Waals surface area contributed by atoms with Crippen LogP contribution in [0.25, 0.3) is 0 Å². The van der Waals surface area contributed by atoms with Crippen LogP contribution in [0.5, 0.6) is 11.5 Å². The monoisotopic (exact) mass is 424 g/mol. The van der Waals surface area contributed by atoms with Crippen molar-refractivity contribution in [3.8, 4) is 23.6 Å². The number of phenols is 2. The third-order valence-corrected chi connectivity index (χ3v) is 5.35. The number of phenolic OH excluding ortho intramolecular Hbond substituents is 2. The first kappa shape index (κ1) is 26.3. The lowest BCUT2D eigenvalue weighted by Gasteiger charge is -2.32. The van der Waals surface area contributed by atoms with Gasteiger partial charge in [-0.15, -0.1) is 0 Å². The van der Waals surface area contributed by atoms with Gasteiger partial charge in [0.25, 0.3) is 0 Å². The maximum atomic E-state index is 9.56. The Morgan fingerprint density at radius 1 is 0.968 bits per heavy atom. The van der Waals surface area contributed by atoms with Crippen molar-refractivity contribution < 1.29 is 19.5 Å². The van der Waals surface area contributed by atoms with Crippen LogP contribution in [-0.4, -0.2) is 28.5 Å². The molecule has 1 fully saturated rings. The topological polar surface area (TPSA) is 106 Å². The van der Waals surface area contributed by atoms with Crippen molar-refractivity contribution >= 4 is 7.12 Å². The van der Waals surface area contributed by atoms with E-state index in [0.717, 1.165) is 11.9 Å². The molecule has 1 aromatic rings. The molecule has 0 saturated carbocycles. The Morgan fingerprint density at radius 2 is 1.48 bits per heavy atom. The van der Waals surface area contributed by atoms with Gasteiger partial charge in [0.1, 0.15) is 11.6 Å². The van der Waals surface area contributed by atoms with Gasteiger partial charge < -0.3 is 19.5 Å². The summed E-state index contributed by atoms with van der Waals surface area (Å²) >= 11 is 0. The van der Waals surface area contributed by atoms with Gasteiger partial charge in [0.05, 0.1) is 22.8 Å². The summed E-state index contributed by atoms with van der Waals surface area (Å²) in [6.45, 7) is 16.3. The first-order chi connectivity index (χ1) is 14.3. The Kier molecular flexibility index (Phi) is 8.93. The van der Waals surface area contributed by atoms with Gasteiger partial charge >= 0.3 is 7.12 Å². The lowest BCUT2D eigenvalue weighted by atomic mass is 9.84. The first-order valence-corrected chi connectivity index (χ1v) is 10.3. The Hall–Kier alpha value is -2.74. The number of nitrogens with zero attached hydrogens (tertiary/aromatic N) is 2. The van der Waals surface area contributed by atoms with Gasteiger partial charge in [-0.2, -0.15) is 10.5 Å². The van der Waals surface area contributed by atoms with Crippen molar-refractivity contribution in [2.24, 2.45) is 0 Å². The Labute approximate surface area is 186 Å². The van der Waals surface area contributed by atoms with E-state index in [9.17, 15) is 10.2 Å². The lowest BCUT2D eigenvalue weighted by molar-refractivity contribution is 0.00578. The third kappa shape index (κ3) is 6.89. The maximum Gasteiger partial charge on any atom is 0.461 e. The minimum absolute atomic E-state index is 0.0425. The van der Waals surface area contributed by atoms with Crippen LogP contribution in [0.4, 0.5) is 0 Å². The molecule has 166 valence electrons. The highest BCUT2D eigenvalue weighted by Crippen LogP contribution is 2.38. The average molecular weight is 424 g/mol. The van der Waals surface area contributed by atoms with E-state index in [0.29, 0.717) is 12.0 Å². The summed E-state index contributed by atoms with van der Waals surface area (Å²) in [5.41, 5.74) is 2.55. The lowest BCUT2D eigenvalue weighted by Crippen LogP contribution is -2.41. The Balaban J connectivity index is 0.000000316. The van der Waals surface area contributed by atoms with Crippen LogP contribution in [-0.2, 0) is 15.7 Å². The molecule has 0 atom stereocenters. The minimum Gasteiger partial charge on any atom is -0.504 e. The molecule has 0 aliphatic carbocycles. The molecule has 31 heavy (non-hydrogen) atoms. The minimum atomic E-state index is -0.469. The second-order valence-corrected chi connectivity index (χ2v) is 9.06. The molecule has 0 bridgehead atoms. The van der Waals surface area contributed by atoms with E-state index in [4.69, 9.17) is 19.8 Å². The van der Waals surface area contributed by atoms with E-state index in [1.165, 1.54) is 11.6 Å². The van der Waals surface area contributed by atoms with Gasteiger partial charge in [-0.3, -0.25) is 0 Å². The summed E-state index contributed by atoms with van der Waals surface area (Å²) in [6, 6.07) is 4.89. The molecule has 2 rings (SSSR count). The molecular formula is C24H33BN2O4. The fourth-order valence-corrected chi connectivity index (χ4v) is 2.83. The highest BCUT2D eigenvalue weighted by Gasteiger charge is 2.50.